The lowest BCUT2D eigenvalue weighted by molar-refractivity contribution is 0.0588. The smallest absolute Gasteiger partial charge is 0.420 e. The van der Waals surface area contributed by atoms with Gasteiger partial charge in [-0.2, -0.15) is 0 Å². The summed E-state index contributed by atoms with van der Waals surface area (Å²) in [4.78, 5) is 46.5. The van der Waals surface area contributed by atoms with Gasteiger partial charge in [-0.3, -0.25) is 0 Å². The normalized spacial score (nSPS) is 10.8. The second-order valence-corrected chi connectivity index (χ2v) is 13.3. The SMILES string of the molecule is COC(=O)c1ccc(N(C(=O)OC(C)(C)C)c2c(F)cccc2F)nc1-c1ccc(F)cc1.COC(=O)c1ccc(Nc2c(F)cccc2F)nc1-c1ccc(F)cc1. The molecule has 0 fully saturated rings. The number of carbonyl (C=O) groups is 3. The van der Waals surface area contributed by atoms with Crippen molar-refractivity contribution in [3.05, 3.63) is 155 Å². The fraction of sp³-hybridized carbons (Fsp3) is 0.140. The third-order valence-corrected chi connectivity index (χ3v) is 8.00. The maximum atomic E-state index is 14.7. The van der Waals surface area contributed by atoms with E-state index in [-0.39, 0.29) is 39.8 Å². The number of ether oxygens (including phenoxy) is 3. The van der Waals surface area contributed by atoms with Crippen molar-refractivity contribution in [2.75, 3.05) is 24.4 Å². The van der Waals surface area contributed by atoms with E-state index in [9.17, 15) is 40.7 Å². The molecule has 6 rings (SSSR count). The zero-order valence-electron chi connectivity index (χ0n) is 32.0. The van der Waals surface area contributed by atoms with Gasteiger partial charge >= 0.3 is 18.0 Å². The van der Waals surface area contributed by atoms with Crippen LogP contribution in [-0.2, 0) is 14.2 Å². The third-order valence-electron chi connectivity index (χ3n) is 8.00. The number of nitrogens with zero attached hydrogens (tertiary/aromatic N) is 3. The van der Waals surface area contributed by atoms with E-state index in [0.717, 1.165) is 42.5 Å². The van der Waals surface area contributed by atoms with Crippen molar-refractivity contribution >= 4 is 41.0 Å². The Morgan fingerprint density at radius 1 is 0.576 bits per heavy atom. The predicted octanol–water partition coefficient (Wildman–Crippen LogP) is 10.7. The Balaban J connectivity index is 0.000000230. The molecular weight excluding hydrogens is 782 g/mol. The number of esters is 2. The Bertz CT molecular complexity index is 2460. The van der Waals surface area contributed by atoms with E-state index in [1.807, 2.05) is 0 Å². The molecule has 0 aliphatic rings. The minimum atomic E-state index is -1.09. The molecule has 2 aromatic heterocycles. The number of hydrogen-bond donors (Lipinski definition) is 1. The molecular formula is C43H34F6N4O6. The number of pyridine rings is 2. The summed E-state index contributed by atoms with van der Waals surface area (Å²) >= 11 is 0. The van der Waals surface area contributed by atoms with Crippen LogP contribution < -0.4 is 10.2 Å². The number of carbonyl (C=O) groups excluding carboxylic acids is 3. The van der Waals surface area contributed by atoms with E-state index in [0.29, 0.717) is 16.0 Å². The van der Waals surface area contributed by atoms with E-state index in [1.165, 1.54) is 80.9 Å². The van der Waals surface area contributed by atoms with Crippen LogP contribution in [0.5, 0.6) is 0 Å². The average molecular weight is 817 g/mol. The van der Waals surface area contributed by atoms with Crippen LogP contribution >= 0.6 is 0 Å². The molecule has 0 radical (unpaired) electrons. The molecule has 6 aromatic rings. The number of rotatable bonds is 8. The standard InChI is InChI=1S/C24H21F3N2O4.C19H13F3N2O2/c1-24(2,3)33-23(31)29(21-17(26)6-5-7-18(21)27)19-13-12-16(22(30)32-4)20(28-19)14-8-10-15(25)11-9-14;1-26-19(25)13-9-10-16(24-18-14(21)3-2-4-15(18)22)23-17(13)11-5-7-12(20)8-6-11/h5-13H,1-4H3;2-10H,1H3,(H,23,24). The number of anilines is 4. The maximum absolute atomic E-state index is 14.7. The quantitative estimate of drug-likeness (QED) is 0.0909. The molecule has 304 valence electrons. The molecule has 0 atom stereocenters. The highest BCUT2D eigenvalue weighted by Gasteiger charge is 2.31. The van der Waals surface area contributed by atoms with Gasteiger partial charge in [0.2, 0.25) is 0 Å². The Labute approximate surface area is 334 Å². The van der Waals surface area contributed by atoms with Gasteiger partial charge in [-0.1, -0.05) is 12.1 Å². The molecule has 0 aliphatic carbocycles. The Hall–Kier alpha value is -7.23. The van der Waals surface area contributed by atoms with Gasteiger partial charge < -0.3 is 19.5 Å². The summed E-state index contributed by atoms with van der Waals surface area (Å²) in [7, 11) is 2.39. The van der Waals surface area contributed by atoms with Crippen molar-refractivity contribution in [1.29, 1.82) is 0 Å². The van der Waals surface area contributed by atoms with Crippen molar-refractivity contribution in [1.82, 2.24) is 9.97 Å². The first-order valence-corrected chi connectivity index (χ1v) is 17.4. The molecule has 1 N–H and O–H groups in total. The van der Waals surface area contributed by atoms with E-state index >= 15 is 0 Å². The molecule has 2 heterocycles. The largest absolute Gasteiger partial charge is 0.465 e. The fourth-order valence-electron chi connectivity index (χ4n) is 5.36. The summed E-state index contributed by atoms with van der Waals surface area (Å²) < 4.78 is 98.5. The summed E-state index contributed by atoms with van der Waals surface area (Å²) in [6.45, 7) is 4.79. The number of benzene rings is 4. The number of hydrogen-bond acceptors (Lipinski definition) is 9. The summed E-state index contributed by atoms with van der Waals surface area (Å²) in [5, 5.41) is 2.56. The molecule has 0 spiro atoms. The molecule has 59 heavy (non-hydrogen) atoms. The maximum Gasteiger partial charge on any atom is 0.420 e. The molecule has 0 saturated carbocycles. The van der Waals surface area contributed by atoms with Crippen LogP contribution in [0.3, 0.4) is 0 Å². The van der Waals surface area contributed by atoms with Gasteiger partial charge in [0.1, 0.15) is 63.5 Å². The topological polar surface area (TPSA) is 120 Å². The van der Waals surface area contributed by atoms with Crippen LogP contribution in [0.1, 0.15) is 41.5 Å². The lowest BCUT2D eigenvalue weighted by atomic mass is 10.1. The lowest BCUT2D eigenvalue weighted by Crippen LogP contribution is -2.35. The highest BCUT2D eigenvalue weighted by molar-refractivity contribution is 5.99. The number of aromatic nitrogens is 2. The molecule has 0 saturated heterocycles. The van der Waals surface area contributed by atoms with Crippen LogP contribution in [0, 0.1) is 34.9 Å². The molecule has 0 aliphatic heterocycles. The first kappa shape index (κ1) is 42.9. The van der Waals surface area contributed by atoms with Crippen LogP contribution in [0.4, 0.5) is 54.1 Å². The van der Waals surface area contributed by atoms with Gasteiger partial charge in [0.15, 0.2) is 0 Å². The van der Waals surface area contributed by atoms with Crippen LogP contribution in [0.2, 0.25) is 0 Å². The van der Waals surface area contributed by atoms with Crippen molar-refractivity contribution in [3.8, 4) is 22.5 Å². The van der Waals surface area contributed by atoms with Crippen molar-refractivity contribution in [2.45, 2.75) is 26.4 Å². The average Bonchev–Trinajstić information content (AvgIpc) is 3.20. The number of nitrogens with one attached hydrogen (secondary N) is 1. The molecule has 16 heteroatoms. The zero-order valence-corrected chi connectivity index (χ0v) is 32.0. The van der Waals surface area contributed by atoms with Crippen LogP contribution in [0.15, 0.2) is 109 Å². The van der Waals surface area contributed by atoms with Gasteiger partial charge in [0.25, 0.3) is 0 Å². The van der Waals surface area contributed by atoms with Gasteiger partial charge in [0, 0.05) is 11.1 Å². The summed E-state index contributed by atoms with van der Waals surface area (Å²) in [5.41, 5.74) is -0.928. The van der Waals surface area contributed by atoms with E-state index in [2.05, 4.69) is 15.3 Å². The molecule has 4 aromatic carbocycles. The van der Waals surface area contributed by atoms with Gasteiger partial charge in [-0.25, -0.2) is 55.6 Å². The highest BCUT2D eigenvalue weighted by Crippen LogP contribution is 2.34. The fourth-order valence-corrected chi connectivity index (χ4v) is 5.36. The Morgan fingerprint density at radius 3 is 1.47 bits per heavy atom. The first-order chi connectivity index (χ1) is 28.0. The second kappa shape index (κ2) is 18.4. The van der Waals surface area contributed by atoms with Crippen molar-refractivity contribution < 1.29 is 54.9 Å². The van der Waals surface area contributed by atoms with Gasteiger partial charge in [-0.15, -0.1) is 0 Å². The highest BCUT2D eigenvalue weighted by atomic mass is 19.2. The first-order valence-electron chi connectivity index (χ1n) is 17.4. The van der Waals surface area contributed by atoms with Gasteiger partial charge in [-0.05, 0) is 118 Å². The minimum Gasteiger partial charge on any atom is -0.465 e. The third kappa shape index (κ3) is 10.4. The van der Waals surface area contributed by atoms with Gasteiger partial charge in [0.05, 0.1) is 36.7 Å². The second-order valence-electron chi connectivity index (χ2n) is 13.3. The molecule has 0 unspecified atom stereocenters. The molecule has 1 amide bonds. The van der Waals surface area contributed by atoms with Crippen LogP contribution in [0.25, 0.3) is 22.5 Å². The van der Waals surface area contributed by atoms with Crippen molar-refractivity contribution in [2.24, 2.45) is 0 Å². The van der Waals surface area contributed by atoms with E-state index < -0.39 is 64.2 Å². The predicted molar refractivity (Wildman–Crippen MR) is 206 cm³/mol. The number of halogens is 6. The summed E-state index contributed by atoms with van der Waals surface area (Å²) in [6, 6.07) is 22.3. The molecule has 0 bridgehead atoms. The van der Waals surface area contributed by atoms with E-state index in [1.54, 1.807) is 20.8 Å². The lowest BCUT2D eigenvalue weighted by Gasteiger charge is -2.27. The van der Waals surface area contributed by atoms with Crippen molar-refractivity contribution in [3.63, 3.8) is 0 Å². The number of methoxy groups -OCH3 is 2. The van der Waals surface area contributed by atoms with Crippen LogP contribution in [-0.4, -0.2) is 47.8 Å². The Morgan fingerprint density at radius 2 is 1.02 bits per heavy atom. The number of amides is 1. The summed E-state index contributed by atoms with van der Waals surface area (Å²) in [6.07, 6.45) is -1.09. The number of para-hydroxylation sites is 2. The summed E-state index contributed by atoms with van der Waals surface area (Å²) in [5.74, 6) is -6.07. The van der Waals surface area contributed by atoms with E-state index in [4.69, 9.17) is 14.2 Å². The minimum absolute atomic E-state index is 0.00556. The monoisotopic (exact) mass is 816 g/mol. The Kier molecular flexibility index (Phi) is 13.3. The zero-order chi connectivity index (χ0) is 43.0. The molecule has 10 nitrogen and oxygen atoms in total.